The third-order valence-electron chi connectivity index (χ3n) is 5.66. The summed E-state index contributed by atoms with van der Waals surface area (Å²) in [7, 11) is 1.55. The van der Waals surface area contributed by atoms with Gasteiger partial charge in [0.05, 0.1) is 29.9 Å². The molecule has 0 fully saturated rings. The van der Waals surface area contributed by atoms with E-state index in [2.05, 4.69) is 5.32 Å². The van der Waals surface area contributed by atoms with Crippen LogP contribution < -0.4 is 15.6 Å². The lowest BCUT2D eigenvalue weighted by Gasteiger charge is -2.14. The minimum atomic E-state index is -0.246. The van der Waals surface area contributed by atoms with E-state index < -0.39 is 0 Å². The van der Waals surface area contributed by atoms with Crippen LogP contribution in [-0.2, 0) is 4.79 Å². The van der Waals surface area contributed by atoms with E-state index in [-0.39, 0.29) is 17.2 Å². The monoisotopic (exact) mass is 546 g/mol. The van der Waals surface area contributed by atoms with Crippen molar-refractivity contribution < 1.29 is 9.53 Å². The molecule has 7 nitrogen and oxygen atoms in total. The SMILES string of the molecule is COc1ccccc1NC(=O)CSc1nc2c(sc(=S)n2-c2ccccc2C)c(=O)n1-c1ccccc1. The number of methoxy groups -OCH3 is 1. The molecule has 1 N–H and O–H groups in total. The van der Waals surface area contributed by atoms with Crippen molar-refractivity contribution in [3.63, 3.8) is 0 Å². The Hall–Kier alpha value is -3.73. The van der Waals surface area contributed by atoms with Crippen molar-refractivity contribution in [3.05, 3.63) is 98.7 Å². The first-order valence-corrected chi connectivity index (χ1v) is 13.5. The van der Waals surface area contributed by atoms with Crippen molar-refractivity contribution in [2.75, 3.05) is 18.2 Å². The fourth-order valence-corrected chi connectivity index (χ4v) is 6.02. The summed E-state index contributed by atoms with van der Waals surface area (Å²) in [5.41, 5.74) is 3.37. The van der Waals surface area contributed by atoms with E-state index in [1.165, 1.54) is 27.7 Å². The summed E-state index contributed by atoms with van der Waals surface area (Å²) in [6.07, 6.45) is 0. The quantitative estimate of drug-likeness (QED) is 0.153. The first kappa shape index (κ1) is 24.9. The van der Waals surface area contributed by atoms with Gasteiger partial charge < -0.3 is 10.1 Å². The van der Waals surface area contributed by atoms with E-state index in [9.17, 15) is 9.59 Å². The van der Waals surface area contributed by atoms with Crippen molar-refractivity contribution in [1.82, 2.24) is 14.1 Å². The Balaban J connectivity index is 1.59. The van der Waals surface area contributed by atoms with Crippen LogP contribution in [0, 0.1) is 10.9 Å². The molecule has 0 bridgehead atoms. The minimum absolute atomic E-state index is 0.0397. The maximum atomic E-state index is 13.8. The summed E-state index contributed by atoms with van der Waals surface area (Å²) in [6.45, 7) is 1.99. The van der Waals surface area contributed by atoms with Crippen molar-refractivity contribution in [1.29, 1.82) is 0 Å². The normalized spacial score (nSPS) is 11.0. The number of nitrogens with zero attached hydrogens (tertiary/aromatic N) is 3. The lowest BCUT2D eigenvalue weighted by Crippen LogP contribution is -2.22. The zero-order valence-corrected chi connectivity index (χ0v) is 22.5. The topological polar surface area (TPSA) is 78.2 Å². The number of rotatable bonds is 7. The van der Waals surface area contributed by atoms with Gasteiger partial charge in [-0.3, -0.25) is 18.7 Å². The summed E-state index contributed by atoms with van der Waals surface area (Å²) in [4.78, 5) is 31.6. The number of anilines is 1. The largest absolute Gasteiger partial charge is 0.495 e. The van der Waals surface area contributed by atoms with Crippen LogP contribution >= 0.6 is 35.3 Å². The molecule has 0 aliphatic rings. The molecule has 0 aliphatic carbocycles. The summed E-state index contributed by atoms with van der Waals surface area (Å²) in [5, 5.41) is 3.27. The second-order valence-electron chi connectivity index (χ2n) is 8.05. The Morgan fingerprint density at radius 2 is 1.73 bits per heavy atom. The maximum absolute atomic E-state index is 13.8. The van der Waals surface area contributed by atoms with Gasteiger partial charge in [-0.15, -0.1) is 0 Å². The summed E-state index contributed by atoms with van der Waals surface area (Å²) in [6, 6.07) is 24.3. The molecule has 3 aromatic carbocycles. The lowest BCUT2D eigenvalue weighted by atomic mass is 10.2. The molecular formula is C27H22N4O3S3. The second kappa shape index (κ2) is 10.7. The van der Waals surface area contributed by atoms with Crippen molar-refractivity contribution >= 4 is 57.3 Å². The predicted octanol–water partition coefficient (Wildman–Crippen LogP) is 6.02. The van der Waals surface area contributed by atoms with Gasteiger partial charge in [0.15, 0.2) is 14.8 Å². The molecule has 0 radical (unpaired) electrons. The maximum Gasteiger partial charge on any atom is 0.278 e. The van der Waals surface area contributed by atoms with Gasteiger partial charge in [0, 0.05) is 0 Å². The molecule has 186 valence electrons. The highest BCUT2D eigenvalue weighted by molar-refractivity contribution is 7.99. The van der Waals surface area contributed by atoms with Gasteiger partial charge >= 0.3 is 0 Å². The Morgan fingerprint density at radius 3 is 2.49 bits per heavy atom. The molecular weight excluding hydrogens is 525 g/mol. The third-order valence-corrected chi connectivity index (χ3v) is 7.95. The molecule has 10 heteroatoms. The number of hydrogen-bond donors (Lipinski definition) is 1. The average molecular weight is 547 g/mol. The molecule has 5 aromatic rings. The number of fused-ring (bicyclic) bond motifs is 1. The van der Waals surface area contributed by atoms with E-state index in [4.69, 9.17) is 21.9 Å². The molecule has 5 rings (SSSR count). The number of thiazole rings is 1. The van der Waals surface area contributed by atoms with E-state index >= 15 is 0 Å². The Morgan fingerprint density at radius 1 is 1.03 bits per heavy atom. The number of aromatic nitrogens is 3. The number of para-hydroxylation sites is 4. The Kier molecular flexibility index (Phi) is 7.22. The van der Waals surface area contributed by atoms with Gasteiger partial charge in [-0.2, -0.15) is 0 Å². The highest BCUT2D eigenvalue weighted by atomic mass is 32.2. The molecule has 2 heterocycles. The minimum Gasteiger partial charge on any atom is -0.495 e. The predicted molar refractivity (Wildman–Crippen MR) is 152 cm³/mol. The fourth-order valence-electron chi connectivity index (χ4n) is 3.93. The number of carbonyl (C=O) groups excluding carboxylic acids is 1. The summed E-state index contributed by atoms with van der Waals surface area (Å²) >= 11 is 8.09. The first-order valence-electron chi connectivity index (χ1n) is 11.3. The van der Waals surface area contributed by atoms with E-state index in [0.29, 0.717) is 36.6 Å². The van der Waals surface area contributed by atoms with Crippen LogP contribution in [-0.4, -0.2) is 32.9 Å². The van der Waals surface area contributed by atoms with E-state index in [1.807, 2.05) is 78.2 Å². The molecule has 2 aromatic heterocycles. The van der Waals surface area contributed by atoms with Gasteiger partial charge in [0.1, 0.15) is 10.4 Å². The number of hydrogen-bond acceptors (Lipinski definition) is 7. The third kappa shape index (κ3) is 4.95. The van der Waals surface area contributed by atoms with Crippen LogP contribution in [0.5, 0.6) is 5.75 Å². The Bertz CT molecular complexity index is 1730. The number of thioether (sulfide) groups is 1. The summed E-state index contributed by atoms with van der Waals surface area (Å²) < 4.78 is 9.69. The van der Waals surface area contributed by atoms with E-state index in [0.717, 1.165) is 11.3 Å². The van der Waals surface area contributed by atoms with Crippen LogP contribution in [0.4, 0.5) is 5.69 Å². The van der Waals surface area contributed by atoms with Crippen molar-refractivity contribution in [2.45, 2.75) is 12.1 Å². The Labute approximate surface area is 226 Å². The molecule has 37 heavy (non-hydrogen) atoms. The van der Waals surface area contributed by atoms with Crippen LogP contribution in [0.1, 0.15) is 5.56 Å². The fraction of sp³-hybridized carbons (Fsp3) is 0.111. The van der Waals surface area contributed by atoms with Gasteiger partial charge in [-0.25, -0.2) is 4.98 Å². The average Bonchev–Trinajstić information content (AvgIpc) is 3.24. The number of nitrogens with one attached hydrogen (secondary N) is 1. The molecule has 0 saturated carbocycles. The summed E-state index contributed by atoms with van der Waals surface area (Å²) in [5.74, 6) is 0.361. The molecule has 0 atom stereocenters. The van der Waals surface area contributed by atoms with Crippen LogP contribution in [0.3, 0.4) is 0 Å². The van der Waals surface area contributed by atoms with Crippen LogP contribution in [0.15, 0.2) is 88.8 Å². The van der Waals surface area contributed by atoms with Gasteiger partial charge in [0.2, 0.25) is 5.91 Å². The van der Waals surface area contributed by atoms with Gasteiger partial charge in [-0.1, -0.05) is 71.6 Å². The number of benzene rings is 3. The zero-order valence-electron chi connectivity index (χ0n) is 20.0. The second-order valence-corrected chi connectivity index (χ2v) is 10.6. The van der Waals surface area contributed by atoms with Crippen LogP contribution in [0.25, 0.3) is 21.7 Å². The van der Waals surface area contributed by atoms with Crippen LogP contribution in [0.2, 0.25) is 0 Å². The standard InChI is InChI=1S/C27H22N4O3S3/c1-17-10-6-8-14-20(17)31-24-23(37-27(31)35)25(33)30(18-11-4-3-5-12-18)26(29-24)36-16-22(32)28-19-13-7-9-15-21(19)34-2/h3-15H,16H2,1-2H3,(H,28,32). The zero-order chi connectivity index (χ0) is 25.9. The molecule has 1 amide bonds. The number of ether oxygens (including phenoxy) is 1. The lowest BCUT2D eigenvalue weighted by molar-refractivity contribution is -0.113. The van der Waals surface area contributed by atoms with Crippen molar-refractivity contribution in [2.24, 2.45) is 0 Å². The first-order chi connectivity index (χ1) is 18.0. The molecule has 0 saturated heterocycles. The highest BCUT2D eigenvalue weighted by Gasteiger charge is 2.20. The number of amides is 1. The van der Waals surface area contributed by atoms with Crippen molar-refractivity contribution in [3.8, 4) is 17.1 Å². The van der Waals surface area contributed by atoms with E-state index in [1.54, 1.807) is 19.2 Å². The highest BCUT2D eigenvalue weighted by Crippen LogP contribution is 2.29. The number of carbonyl (C=O) groups is 1. The van der Waals surface area contributed by atoms with Gasteiger partial charge in [-0.05, 0) is 55.0 Å². The molecule has 0 unspecified atom stereocenters. The number of aryl methyl sites for hydroxylation is 1. The molecule has 0 spiro atoms. The van der Waals surface area contributed by atoms with Gasteiger partial charge in [0.25, 0.3) is 5.56 Å². The molecule has 0 aliphatic heterocycles. The smallest absolute Gasteiger partial charge is 0.278 e.